The molecular formula is C28H32N4O6. The molecule has 2 aliphatic heterocycles. The summed E-state index contributed by atoms with van der Waals surface area (Å²) < 4.78 is 5.34. The number of piperidine rings is 1. The molecule has 38 heavy (non-hydrogen) atoms. The predicted molar refractivity (Wildman–Crippen MR) is 138 cm³/mol. The predicted octanol–water partition coefficient (Wildman–Crippen LogP) is 2.20. The number of nitrogens with zero attached hydrogens (tertiary/aromatic N) is 1. The molecule has 200 valence electrons. The first kappa shape index (κ1) is 26.8. The van der Waals surface area contributed by atoms with Crippen molar-refractivity contribution in [2.45, 2.75) is 70.8 Å². The highest BCUT2D eigenvalue weighted by molar-refractivity contribution is 6.05. The minimum atomic E-state index is -0.855. The Labute approximate surface area is 221 Å². The van der Waals surface area contributed by atoms with Gasteiger partial charge in [0.05, 0.1) is 0 Å². The largest absolute Gasteiger partial charge is 0.444 e. The Kier molecular flexibility index (Phi) is 7.80. The smallest absolute Gasteiger partial charge is 0.408 e. The van der Waals surface area contributed by atoms with Gasteiger partial charge < -0.3 is 20.3 Å². The highest BCUT2D eigenvalue weighted by Gasteiger charge is 2.39. The van der Waals surface area contributed by atoms with Crippen LogP contribution in [0.2, 0.25) is 0 Å². The van der Waals surface area contributed by atoms with E-state index >= 15 is 0 Å². The second-order valence-electron chi connectivity index (χ2n) is 10.5. The lowest BCUT2D eigenvalue weighted by molar-refractivity contribution is -0.137. The van der Waals surface area contributed by atoms with Crippen LogP contribution in [-0.2, 0) is 38.6 Å². The van der Waals surface area contributed by atoms with Crippen LogP contribution in [0.25, 0.3) is 0 Å². The summed E-state index contributed by atoms with van der Waals surface area (Å²) in [7, 11) is 0. The first-order valence-corrected chi connectivity index (χ1v) is 12.6. The summed E-state index contributed by atoms with van der Waals surface area (Å²) in [6, 6.07) is 13.1. The van der Waals surface area contributed by atoms with Crippen LogP contribution in [-0.4, -0.2) is 52.3 Å². The fourth-order valence-corrected chi connectivity index (χ4v) is 4.56. The van der Waals surface area contributed by atoms with Gasteiger partial charge in [-0.2, -0.15) is 0 Å². The normalized spacial score (nSPS) is 17.9. The highest BCUT2D eigenvalue weighted by Crippen LogP contribution is 2.28. The maximum atomic E-state index is 13.1. The summed E-state index contributed by atoms with van der Waals surface area (Å²) in [6.07, 6.45) is 0.0832. The Balaban J connectivity index is 1.41. The molecule has 0 bridgehead atoms. The molecule has 2 aliphatic rings. The lowest BCUT2D eigenvalue weighted by Crippen LogP contribution is -2.52. The molecule has 2 aromatic rings. The van der Waals surface area contributed by atoms with Gasteiger partial charge in [0, 0.05) is 31.5 Å². The van der Waals surface area contributed by atoms with Crippen LogP contribution >= 0.6 is 0 Å². The molecule has 2 heterocycles. The van der Waals surface area contributed by atoms with Crippen LogP contribution in [0.3, 0.4) is 0 Å². The average Bonchev–Trinajstić information content (AvgIpc) is 3.17. The Morgan fingerprint density at radius 1 is 1.08 bits per heavy atom. The summed E-state index contributed by atoms with van der Waals surface area (Å²) in [5, 5.41) is 7.83. The molecule has 0 radical (unpaired) electrons. The number of imide groups is 1. The molecule has 0 spiro atoms. The van der Waals surface area contributed by atoms with Gasteiger partial charge in [0.2, 0.25) is 17.7 Å². The average molecular weight is 521 g/mol. The van der Waals surface area contributed by atoms with Crippen molar-refractivity contribution in [2.75, 3.05) is 0 Å². The zero-order valence-electron chi connectivity index (χ0n) is 21.7. The molecule has 1 saturated heterocycles. The number of carbonyl (C=O) groups excluding carboxylic acids is 5. The second-order valence-corrected chi connectivity index (χ2v) is 10.5. The molecule has 10 nitrogen and oxygen atoms in total. The maximum absolute atomic E-state index is 13.1. The molecule has 3 N–H and O–H groups in total. The fraction of sp³-hybridized carbons (Fsp3) is 0.393. The molecule has 10 heteroatoms. The molecule has 2 atom stereocenters. The number of ether oxygens (including phenoxy) is 1. The van der Waals surface area contributed by atoms with Gasteiger partial charge in [-0.3, -0.25) is 24.5 Å². The summed E-state index contributed by atoms with van der Waals surface area (Å²) in [5.74, 6) is -1.42. The van der Waals surface area contributed by atoms with Gasteiger partial charge in [0.1, 0.15) is 17.7 Å². The van der Waals surface area contributed by atoms with Crippen LogP contribution in [0.5, 0.6) is 0 Å². The van der Waals surface area contributed by atoms with Crippen molar-refractivity contribution >= 4 is 29.7 Å². The van der Waals surface area contributed by atoms with Crippen molar-refractivity contribution in [1.82, 2.24) is 20.9 Å². The number of hydrogen-bond donors (Lipinski definition) is 3. The minimum absolute atomic E-state index is 0.181. The van der Waals surface area contributed by atoms with Gasteiger partial charge in [-0.1, -0.05) is 42.5 Å². The standard InChI is InChI=1S/C28H32N4O6/c1-28(2,3)38-27(37)30-21(14-17-7-5-4-6-8-17)24(34)29-15-18-9-10-20-19(13-18)16-32(26(20)36)22-11-12-23(33)31-25(22)35/h4-10,13,21-22H,11-12,14-16H2,1-3H3,(H,29,34)(H,30,37)(H,31,33,35). The SMILES string of the molecule is CC(C)(C)OC(=O)NC(Cc1ccccc1)C(=O)NCc1ccc2c(c1)CN(C1CCC(=O)NC1=O)C2=O. The van der Waals surface area contributed by atoms with Crippen molar-refractivity contribution in [2.24, 2.45) is 0 Å². The second kappa shape index (κ2) is 11.0. The quantitative estimate of drug-likeness (QED) is 0.480. The summed E-state index contributed by atoms with van der Waals surface area (Å²) in [6.45, 7) is 5.68. The molecule has 0 saturated carbocycles. The maximum Gasteiger partial charge on any atom is 0.408 e. The summed E-state index contributed by atoms with van der Waals surface area (Å²) >= 11 is 0. The zero-order valence-corrected chi connectivity index (χ0v) is 21.7. The molecular weight excluding hydrogens is 488 g/mol. The van der Waals surface area contributed by atoms with E-state index in [0.29, 0.717) is 12.0 Å². The third-order valence-corrected chi connectivity index (χ3v) is 6.34. The third kappa shape index (κ3) is 6.56. The van der Waals surface area contributed by atoms with E-state index < -0.39 is 29.7 Å². The molecule has 2 aromatic carbocycles. The van der Waals surface area contributed by atoms with E-state index in [0.717, 1.165) is 16.7 Å². The highest BCUT2D eigenvalue weighted by atomic mass is 16.6. The van der Waals surface area contributed by atoms with E-state index in [4.69, 9.17) is 4.74 Å². The van der Waals surface area contributed by atoms with Crippen LogP contribution in [0.1, 0.15) is 60.7 Å². The van der Waals surface area contributed by atoms with Crippen LogP contribution in [0.4, 0.5) is 4.79 Å². The number of hydrogen-bond acceptors (Lipinski definition) is 6. The van der Waals surface area contributed by atoms with Crippen molar-refractivity contribution < 1.29 is 28.7 Å². The Morgan fingerprint density at radius 3 is 2.50 bits per heavy atom. The Morgan fingerprint density at radius 2 is 1.82 bits per heavy atom. The van der Waals surface area contributed by atoms with E-state index in [9.17, 15) is 24.0 Å². The van der Waals surface area contributed by atoms with Gasteiger partial charge in [0.25, 0.3) is 5.91 Å². The number of carbonyl (C=O) groups is 5. The molecule has 2 unspecified atom stereocenters. The number of benzene rings is 2. The number of amides is 5. The van der Waals surface area contributed by atoms with E-state index in [-0.39, 0.29) is 43.7 Å². The summed E-state index contributed by atoms with van der Waals surface area (Å²) in [5.41, 5.74) is 2.19. The molecule has 5 amide bonds. The lowest BCUT2D eigenvalue weighted by atomic mass is 10.0. The molecule has 0 aromatic heterocycles. The summed E-state index contributed by atoms with van der Waals surface area (Å²) in [4.78, 5) is 63.6. The Bertz CT molecular complexity index is 1250. The minimum Gasteiger partial charge on any atom is -0.444 e. The van der Waals surface area contributed by atoms with Crippen molar-refractivity contribution in [3.8, 4) is 0 Å². The monoisotopic (exact) mass is 520 g/mol. The number of alkyl carbamates (subject to hydrolysis) is 1. The molecule has 1 fully saturated rings. The van der Waals surface area contributed by atoms with Crippen molar-refractivity contribution in [3.63, 3.8) is 0 Å². The van der Waals surface area contributed by atoms with E-state index in [2.05, 4.69) is 16.0 Å². The first-order valence-electron chi connectivity index (χ1n) is 12.6. The topological polar surface area (TPSA) is 134 Å². The van der Waals surface area contributed by atoms with E-state index in [1.54, 1.807) is 32.9 Å². The fourth-order valence-electron chi connectivity index (χ4n) is 4.56. The van der Waals surface area contributed by atoms with Gasteiger partial charge in [-0.15, -0.1) is 0 Å². The first-order chi connectivity index (χ1) is 18.0. The lowest BCUT2D eigenvalue weighted by Gasteiger charge is -2.29. The zero-order chi connectivity index (χ0) is 27.4. The Hall–Kier alpha value is -4.21. The van der Waals surface area contributed by atoms with Crippen molar-refractivity contribution in [1.29, 1.82) is 0 Å². The number of nitrogens with one attached hydrogen (secondary N) is 3. The van der Waals surface area contributed by atoms with E-state index in [1.807, 2.05) is 36.4 Å². The number of fused-ring (bicyclic) bond motifs is 1. The van der Waals surface area contributed by atoms with Crippen LogP contribution < -0.4 is 16.0 Å². The van der Waals surface area contributed by atoms with Gasteiger partial charge in [0.15, 0.2) is 0 Å². The van der Waals surface area contributed by atoms with Gasteiger partial charge in [-0.25, -0.2) is 4.79 Å². The third-order valence-electron chi connectivity index (χ3n) is 6.34. The molecule has 0 aliphatic carbocycles. The van der Waals surface area contributed by atoms with Crippen molar-refractivity contribution in [3.05, 3.63) is 70.8 Å². The van der Waals surface area contributed by atoms with Gasteiger partial charge in [-0.05, 0) is 49.9 Å². The molecule has 4 rings (SSSR count). The number of rotatable bonds is 7. The van der Waals surface area contributed by atoms with Gasteiger partial charge >= 0.3 is 6.09 Å². The van der Waals surface area contributed by atoms with E-state index in [1.165, 1.54) is 4.90 Å². The van der Waals surface area contributed by atoms with Crippen LogP contribution in [0, 0.1) is 0 Å². The van der Waals surface area contributed by atoms with Crippen LogP contribution in [0.15, 0.2) is 48.5 Å².